The highest BCUT2D eigenvalue weighted by Crippen LogP contribution is 2.59. The molecule has 0 saturated heterocycles. The largest absolute Gasteiger partial charge is 0.294 e. The van der Waals surface area contributed by atoms with Crippen LogP contribution in [-0.4, -0.2) is 29.9 Å². The van der Waals surface area contributed by atoms with Crippen LogP contribution >= 0.6 is 18.0 Å². The number of likely N-dealkylation sites (N-methyl/N-ethyl adjacent to an activating group) is 1. The van der Waals surface area contributed by atoms with Gasteiger partial charge in [-0.15, -0.1) is 0 Å². The topological polar surface area (TPSA) is 49.4 Å². The van der Waals surface area contributed by atoms with Crippen molar-refractivity contribution in [1.29, 1.82) is 0 Å². The van der Waals surface area contributed by atoms with Gasteiger partial charge in [0.1, 0.15) is 0 Å². The van der Waals surface area contributed by atoms with Crippen molar-refractivity contribution in [2.24, 2.45) is 0 Å². The lowest BCUT2D eigenvalue weighted by atomic mass is 10.1. The van der Waals surface area contributed by atoms with Crippen molar-refractivity contribution in [3.8, 4) is 0 Å². The molecule has 0 radical (unpaired) electrons. The van der Waals surface area contributed by atoms with Crippen LogP contribution in [0, 0.1) is 0 Å². The molecular formula is C14H23N2O2PS. The van der Waals surface area contributed by atoms with Gasteiger partial charge in [-0.3, -0.25) is 14.0 Å². The number of nitrogens with zero attached hydrogens (tertiary/aromatic N) is 1. The van der Waals surface area contributed by atoms with Crippen molar-refractivity contribution >= 4 is 23.9 Å². The number of rotatable bonds is 7. The molecule has 1 N–H and O–H groups in total. The summed E-state index contributed by atoms with van der Waals surface area (Å²) in [6.45, 7) is 1.16. The second-order valence-corrected chi connectivity index (χ2v) is 9.87. The molecule has 0 aliphatic rings. The van der Waals surface area contributed by atoms with Gasteiger partial charge in [0, 0.05) is 12.3 Å². The maximum atomic E-state index is 12.8. The molecule has 20 heavy (non-hydrogen) atoms. The number of nitrogens with one attached hydrogen (secondary N) is 1. The third-order valence-electron chi connectivity index (χ3n) is 3.13. The Bertz CT molecular complexity index is 481. The molecular weight excluding hydrogens is 291 g/mol. The molecule has 2 unspecified atom stereocenters. The van der Waals surface area contributed by atoms with Crippen molar-refractivity contribution in [2.75, 3.05) is 14.1 Å². The molecule has 4 nitrogen and oxygen atoms in total. The molecule has 1 rings (SSSR count). The van der Waals surface area contributed by atoms with Crippen LogP contribution in [0.3, 0.4) is 0 Å². The Kier molecular flexibility index (Phi) is 6.80. The Morgan fingerprint density at radius 1 is 1.40 bits per heavy atom. The molecule has 1 amide bonds. The van der Waals surface area contributed by atoms with Gasteiger partial charge in [0.2, 0.25) is 5.91 Å². The van der Waals surface area contributed by atoms with E-state index in [-0.39, 0.29) is 17.6 Å². The fourth-order valence-corrected chi connectivity index (χ4v) is 6.10. The summed E-state index contributed by atoms with van der Waals surface area (Å²) >= 11 is 1.34. The highest BCUT2D eigenvalue weighted by atomic mass is 32.7. The maximum absolute atomic E-state index is 12.8. The van der Waals surface area contributed by atoms with E-state index < -0.39 is 6.65 Å². The van der Waals surface area contributed by atoms with Crippen molar-refractivity contribution in [1.82, 2.24) is 9.76 Å². The monoisotopic (exact) mass is 314 g/mol. The Labute approximate surface area is 125 Å². The molecule has 0 spiro atoms. The van der Waals surface area contributed by atoms with Crippen molar-refractivity contribution in [3.05, 3.63) is 35.9 Å². The van der Waals surface area contributed by atoms with Crippen LogP contribution in [0.2, 0.25) is 0 Å². The average molecular weight is 314 g/mol. The third kappa shape index (κ3) is 4.65. The first-order valence-corrected chi connectivity index (χ1v) is 9.85. The number of hydrogen-bond acceptors (Lipinski definition) is 3. The van der Waals surface area contributed by atoms with E-state index in [9.17, 15) is 9.36 Å². The molecule has 0 aliphatic carbocycles. The second-order valence-electron chi connectivity index (χ2n) is 4.65. The lowest BCUT2D eigenvalue weighted by Gasteiger charge is -2.28. The van der Waals surface area contributed by atoms with Crippen LogP contribution < -0.4 is 5.09 Å². The van der Waals surface area contributed by atoms with Crippen LogP contribution in [0.15, 0.2) is 30.3 Å². The SMILES string of the molecule is CCC(C)SP(=O)(NC)N(C)C(=O)Cc1ccccc1. The molecule has 112 valence electrons. The smallest absolute Gasteiger partial charge is 0.276 e. The molecule has 6 heteroatoms. The Balaban J connectivity index is 2.77. The van der Waals surface area contributed by atoms with Gasteiger partial charge in [0.25, 0.3) is 6.65 Å². The van der Waals surface area contributed by atoms with E-state index in [2.05, 4.69) is 5.09 Å². The maximum Gasteiger partial charge on any atom is 0.294 e. The predicted molar refractivity (Wildman–Crippen MR) is 86.9 cm³/mol. The van der Waals surface area contributed by atoms with Crippen LogP contribution in [0.4, 0.5) is 0 Å². The Hall–Kier alpha value is -0.770. The first-order chi connectivity index (χ1) is 9.42. The van der Waals surface area contributed by atoms with E-state index in [1.807, 2.05) is 44.2 Å². The summed E-state index contributed by atoms with van der Waals surface area (Å²) in [4.78, 5) is 12.3. The molecule has 0 heterocycles. The average Bonchev–Trinajstić information content (AvgIpc) is 2.47. The Morgan fingerprint density at radius 3 is 2.50 bits per heavy atom. The van der Waals surface area contributed by atoms with E-state index >= 15 is 0 Å². The summed E-state index contributed by atoms with van der Waals surface area (Å²) in [5.74, 6) is -0.135. The lowest BCUT2D eigenvalue weighted by molar-refractivity contribution is -0.125. The van der Waals surface area contributed by atoms with Crippen LogP contribution in [0.1, 0.15) is 25.8 Å². The molecule has 0 saturated carbocycles. The molecule has 0 aromatic heterocycles. The van der Waals surface area contributed by atoms with Crippen molar-refractivity contribution in [3.63, 3.8) is 0 Å². The summed E-state index contributed by atoms with van der Waals surface area (Å²) in [5.41, 5.74) is 0.931. The van der Waals surface area contributed by atoms with E-state index in [0.717, 1.165) is 12.0 Å². The molecule has 1 aromatic rings. The number of carbonyl (C=O) groups is 1. The summed E-state index contributed by atoms with van der Waals surface area (Å²) in [6, 6.07) is 9.51. The minimum Gasteiger partial charge on any atom is -0.276 e. The van der Waals surface area contributed by atoms with Gasteiger partial charge >= 0.3 is 0 Å². The molecule has 0 fully saturated rings. The van der Waals surface area contributed by atoms with Gasteiger partial charge in [0.05, 0.1) is 6.42 Å². The lowest BCUT2D eigenvalue weighted by Crippen LogP contribution is -2.29. The van der Waals surface area contributed by atoms with Crippen LogP contribution in [0.25, 0.3) is 0 Å². The fourth-order valence-electron chi connectivity index (χ4n) is 1.62. The number of hydrogen-bond donors (Lipinski definition) is 1. The quantitative estimate of drug-likeness (QED) is 0.782. The summed E-state index contributed by atoms with van der Waals surface area (Å²) in [6.07, 6.45) is 1.18. The van der Waals surface area contributed by atoms with Gasteiger partial charge in [-0.05, 0) is 19.0 Å². The van der Waals surface area contributed by atoms with Gasteiger partial charge in [-0.25, -0.2) is 5.09 Å². The zero-order valence-corrected chi connectivity index (χ0v) is 14.2. The highest BCUT2D eigenvalue weighted by molar-refractivity contribution is 8.57. The highest BCUT2D eigenvalue weighted by Gasteiger charge is 2.32. The summed E-state index contributed by atoms with van der Waals surface area (Å²) in [7, 11) is 3.25. The van der Waals surface area contributed by atoms with E-state index in [4.69, 9.17) is 0 Å². The first-order valence-electron chi connectivity index (χ1n) is 6.71. The normalized spacial score (nSPS) is 15.4. The first kappa shape index (κ1) is 17.3. The zero-order chi connectivity index (χ0) is 15.2. The zero-order valence-electron chi connectivity index (χ0n) is 12.5. The minimum atomic E-state index is -2.91. The minimum absolute atomic E-state index is 0.135. The molecule has 2 atom stereocenters. The predicted octanol–water partition coefficient (Wildman–Crippen LogP) is 3.55. The number of benzene rings is 1. The van der Waals surface area contributed by atoms with Gasteiger partial charge < -0.3 is 0 Å². The van der Waals surface area contributed by atoms with Crippen LogP contribution in [-0.2, 0) is 15.8 Å². The van der Waals surface area contributed by atoms with E-state index in [1.165, 1.54) is 16.1 Å². The van der Waals surface area contributed by atoms with Gasteiger partial charge in [0.15, 0.2) is 0 Å². The second kappa shape index (κ2) is 7.87. The van der Waals surface area contributed by atoms with Crippen molar-refractivity contribution in [2.45, 2.75) is 31.9 Å². The third-order valence-corrected chi connectivity index (χ3v) is 8.91. The van der Waals surface area contributed by atoms with Gasteiger partial charge in [-0.2, -0.15) is 0 Å². The van der Waals surface area contributed by atoms with Crippen LogP contribution in [0.5, 0.6) is 0 Å². The number of amides is 1. The van der Waals surface area contributed by atoms with Gasteiger partial charge in [-0.1, -0.05) is 55.6 Å². The number of carbonyl (C=O) groups excluding carboxylic acids is 1. The molecule has 0 bridgehead atoms. The molecule has 0 aliphatic heterocycles. The Morgan fingerprint density at radius 2 is 2.00 bits per heavy atom. The van der Waals surface area contributed by atoms with E-state index in [1.54, 1.807) is 14.1 Å². The van der Waals surface area contributed by atoms with E-state index in [0.29, 0.717) is 0 Å². The summed E-state index contributed by atoms with van der Waals surface area (Å²) in [5, 5.41) is 3.07. The van der Waals surface area contributed by atoms with Crippen molar-refractivity contribution < 1.29 is 9.36 Å². The summed E-state index contributed by atoms with van der Waals surface area (Å²) < 4.78 is 14.2. The molecule has 1 aromatic carbocycles. The standard InChI is InChI=1S/C14H23N2O2PS/c1-5-12(2)20-19(18,15-3)16(4)14(17)11-13-9-7-6-8-10-13/h6-10,12H,5,11H2,1-4H3,(H,15,18). The fraction of sp³-hybridized carbons (Fsp3) is 0.500.